The first-order valence-corrected chi connectivity index (χ1v) is 6.45. The molecule has 0 saturated heterocycles. The van der Waals surface area contributed by atoms with Crippen LogP contribution in [0.25, 0.3) is 10.8 Å². The Kier molecular flexibility index (Phi) is 4.12. The van der Waals surface area contributed by atoms with Gasteiger partial charge in [-0.15, -0.1) is 0 Å². The van der Waals surface area contributed by atoms with E-state index in [4.69, 9.17) is 10.8 Å². The zero-order chi connectivity index (χ0) is 13.8. The van der Waals surface area contributed by atoms with Crippen LogP contribution in [-0.2, 0) is 11.2 Å². The molecule has 2 aromatic rings. The molecule has 2 rings (SSSR count). The Labute approximate surface area is 112 Å². The minimum Gasteiger partial charge on any atom is -0.481 e. The van der Waals surface area contributed by atoms with E-state index in [1.54, 1.807) is 0 Å². The highest BCUT2D eigenvalue weighted by molar-refractivity contribution is 5.85. The standard InChI is InChI=1S/C15H18N2O2/c1-2-10-8-17-9-12-7-11(3-4-13(10)12)14(16)5-6-15(18)19/h3-4,7-9,14H,2,5-6,16H2,1H3,(H,18,19). The number of nitrogens with zero attached hydrogens (tertiary/aromatic N) is 1. The number of hydrogen-bond acceptors (Lipinski definition) is 3. The van der Waals surface area contributed by atoms with Crippen LogP contribution in [0.2, 0.25) is 0 Å². The van der Waals surface area contributed by atoms with Crippen LogP contribution in [0.3, 0.4) is 0 Å². The van der Waals surface area contributed by atoms with Crippen molar-refractivity contribution in [2.24, 2.45) is 5.73 Å². The highest BCUT2D eigenvalue weighted by atomic mass is 16.4. The van der Waals surface area contributed by atoms with E-state index >= 15 is 0 Å². The zero-order valence-electron chi connectivity index (χ0n) is 11.0. The van der Waals surface area contributed by atoms with E-state index in [0.29, 0.717) is 6.42 Å². The van der Waals surface area contributed by atoms with E-state index in [-0.39, 0.29) is 12.5 Å². The third kappa shape index (κ3) is 3.09. The van der Waals surface area contributed by atoms with Crippen LogP contribution in [0.15, 0.2) is 30.6 Å². The number of carboxylic acid groups (broad SMARTS) is 1. The number of aryl methyl sites for hydroxylation is 1. The summed E-state index contributed by atoms with van der Waals surface area (Å²) in [5.74, 6) is -0.814. The van der Waals surface area contributed by atoms with Gasteiger partial charge in [0.15, 0.2) is 0 Å². The lowest BCUT2D eigenvalue weighted by Gasteiger charge is -2.12. The summed E-state index contributed by atoms with van der Waals surface area (Å²) in [6.07, 6.45) is 5.18. The van der Waals surface area contributed by atoms with E-state index in [2.05, 4.69) is 11.9 Å². The summed E-state index contributed by atoms with van der Waals surface area (Å²) in [5, 5.41) is 10.9. The van der Waals surface area contributed by atoms with Crippen LogP contribution in [0.5, 0.6) is 0 Å². The third-order valence-electron chi connectivity index (χ3n) is 3.34. The first-order chi connectivity index (χ1) is 9.11. The highest BCUT2D eigenvalue weighted by Crippen LogP contribution is 2.23. The van der Waals surface area contributed by atoms with Crippen molar-refractivity contribution in [3.05, 3.63) is 41.7 Å². The van der Waals surface area contributed by atoms with E-state index in [9.17, 15) is 4.79 Å². The molecule has 3 N–H and O–H groups in total. The number of aliphatic carboxylic acids is 1. The molecule has 0 aliphatic heterocycles. The Bertz CT molecular complexity index is 596. The first-order valence-electron chi connectivity index (χ1n) is 6.45. The summed E-state index contributed by atoms with van der Waals surface area (Å²) in [4.78, 5) is 14.8. The van der Waals surface area contributed by atoms with Crippen LogP contribution in [0.4, 0.5) is 0 Å². The van der Waals surface area contributed by atoms with Gasteiger partial charge in [-0.25, -0.2) is 0 Å². The molecule has 1 unspecified atom stereocenters. The fourth-order valence-corrected chi connectivity index (χ4v) is 2.22. The second-order valence-corrected chi connectivity index (χ2v) is 4.67. The van der Waals surface area contributed by atoms with Gasteiger partial charge in [0, 0.05) is 30.2 Å². The fraction of sp³-hybridized carbons (Fsp3) is 0.333. The minimum absolute atomic E-state index is 0.0897. The fourth-order valence-electron chi connectivity index (χ4n) is 2.22. The minimum atomic E-state index is -0.814. The summed E-state index contributed by atoms with van der Waals surface area (Å²) in [6.45, 7) is 2.10. The maximum Gasteiger partial charge on any atom is 0.303 e. The SMILES string of the molecule is CCc1cncc2cc(C(N)CCC(=O)O)ccc12. The van der Waals surface area contributed by atoms with Crippen LogP contribution >= 0.6 is 0 Å². The number of rotatable bonds is 5. The molecule has 19 heavy (non-hydrogen) atoms. The van der Waals surface area contributed by atoms with Crippen LogP contribution in [0, 0.1) is 0 Å². The molecule has 0 aliphatic rings. The summed E-state index contributed by atoms with van der Waals surface area (Å²) in [6, 6.07) is 5.79. The summed E-state index contributed by atoms with van der Waals surface area (Å²) < 4.78 is 0. The van der Waals surface area contributed by atoms with Crippen molar-refractivity contribution in [3.63, 3.8) is 0 Å². The Morgan fingerprint density at radius 3 is 2.89 bits per heavy atom. The molecule has 0 spiro atoms. The van der Waals surface area contributed by atoms with Gasteiger partial charge in [-0.3, -0.25) is 9.78 Å². The van der Waals surface area contributed by atoms with Crippen LogP contribution < -0.4 is 5.73 Å². The smallest absolute Gasteiger partial charge is 0.303 e. The summed E-state index contributed by atoms with van der Waals surface area (Å²) >= 11 is 0. The van der Waals surface area contributed by atoms with Gasteiger partial charge in [-0.1, -0.05) is 19.1 Å². The van der Waals surface area contributed by atoms with Gasteiger partial charge >= 0.3 is 5.97 Å². The summed E-state index contributed by atoms with van der Waals surface area (Å²) in [7, 11) is 0. The van der Waals surface area contributed by atoms with E-state index < -0.39 is 5.97 Å². The number of benzene rings is 1. The van der Waals surface area contributed by atoms with Gasteiger partial charge in [0.25, 0.3) is 0 Å². The van der Waals surface area contributed by atoms with Crippen molar-refractivity contribution in [2.45, 2.75) is 32.2 Å². The molecule has 0 fully saturated rings. The van der Waals surface area contributed by atoms with Crippen molar-refractivity contribution in [1.82, 2.24) is 4.98 Å². The second-order valence-electron chi connectivity index (χ2n) is 4.67. The molecule has 1 atom stereocenters. The molecule has 100 valence electrons. The summed E-state index contributed by atoms with van der Waals surface area (Å²) in [5.41, 5.74) is 8.19. The van der Waals surface area contributed by atoms with Gasteiger partial charge in [0.2, 0.25) is 0 Å². The average molecular weight is 258 g/mol. The van der Waals surface area contributed by atoms with Crippen molar-refractivity contribution < 1.29 is 9.90 Å². The number of nitrogens with two attached hydrogens (primary N) is 1. The number of fused-ring (bicyclic) bond motifs is 1. The van der Waals surface area contributed by atoms with E-state index in [1.165, 1.54) is 10.9 Å². The molecule has 1 aromatic carbocycles. The van der Waals surface area contributed by atoms with E-state index in [1.807, 2.05) is 30.6 Å². The zero-order valence-corrected chi connectivity index (χ0v) is 11.0. The average Bonchev–Trinajstić information content (AvgIpc) is 2.43. The van der Waals surface area contributed by atoms with Gasteiger partial charge in [-0.2, -0.15) is 0 Å². The largest absolute Gasteiger partial charge is 0.481 e. The molecule has 0 saturated carbocycles. The Balaban J connectivity index is 2.29. The van der Waals surface area contributed by atoms with Crippen LogP contribution in [0.1, 0.15) is 36.9 Å². The molecule has 1 aromatic heterocycles. The van der Waals surface area contributed by atoms with Gasteiger partial charge in [-0.05, 0) is 35.4 Å². The lowest BCUT2D eigenvalue weighted by atomic mass is 9.98. The van der Waals surface area contributed by atoms with Crippen molar-refractivity contribution in [3.8, 4) is 0 Å². The van der Waals surface area contributed by atoms with Crippen molar-refractivity contribution >= 4 is 16.7 Å². The Morgan fingerprint density at radius 2 is 2.21 bits per heavy atom. The molecule has 0 radical (unpaired) electrons. The van der Waals surface area contributed by atoms with Crippen LogP contribution in [-0.4, -0.2) is 16.1 Å². The molecule has 0 aliphatic carbocycles. The number of carboxylic acids is 1. The molecular formula is C15H18N2O2. The van der Waals surface area contributed by atoms with Gasteiger partial charge < -0.3 is 10.8 Å². The lowest BCUT2D eigenvalue weighted by molar-refractivity contribution is -0.137. The molecular weight excluding hydrogens is 240 g/mol. The number of carbonyl (C=O) groups is 1. The maximum atomic E-state index is 10.6. The van der Waals surface area contributed by atoms with Gasteiger partial charge in [0.05, 0.1) is 0 Å². The first kappa shape index (κ1) is 13.5. The monoisotopic (exact) mass is 258 g/mol. The van der Waals surface area contributed by atoms with Crippen molar-refractivity contribution in [1.29, 1.82) is 0 Å². The maximum absolute atomic E-state index is 10.6. The molecule has 1 heterocycles. The number of pyridine rings is 1. The third-order valence-corrected chi connectivity index (χ3v) is 3.34. The second kappa shape index (κ2) is 5.80. The number of aromatic nitrogens is 1. The highest BCUT2D eigenvalue weighted by Gasteiger charge is 2.10. The predicted molar refractivity (Wildman–Crippen MR) is 74.9 cm³/mol. The molecule has 4 nitrogen and oxygen atoms in total. The quantitative estimate of drug-likeness (QED) is 0.864. The lowest BCUT2D eigenvalue weighted by Crippen LogP contribution is -2.12. The van der Waals surface area contributed by atoms with E-state index in [0.717, 1.165) is 17.4 Å². The topological polar surface area (TPSA) is 76.2 Å². The number of hydrogen-bond donors (Lipinski definition) is 2. The molecule has 0 bridgehead atoms. The Hall–Kier alpha value is -1.94. The predicted octanol–water partition coefficient (Wildman–Crippen LogP) is 2.66. The molecule has 0 amide bonds. The molecule has 4 heteroatoms. The van der Waals surface area contributed by atoms with Gasteiger partial charge in [0.1, 0.15) is 0 Å². The van der Waals surface area contributed by atoms with Crippen molar-refractivity contribution in [2.75, 3.05) is 0 Å². The normalized spacial score (nSPS) is 12.5. The Morgan fingerprint density at radius 1 is 1.42 bits per heavy atom.